The minimum absolute atomic E-state index is 0.00109. The van der Waals surface area contributed by atoms with Gasteiger partial charge in [-0.3, -0.25) is 0 Å². The van der Waals surface area contributed by atoms with E-state index in [2.05, 4.69) is 15.3 Å². The summed E-state index contributed by atoms with van der Waals surface area (Å²) >= 11 is 0. The monoisotopic (exact) mass is 251 g/mol. The van der Waals surface area contributed by atoms with Crippen molar-refractivity contribution < 1.29 is 14.6 Å². The smallest absolute Gasteiger partial charge is 0.354 e. The Hall–Kier alpha value is -1.69. The van der Waals surface area contributed by atoms with Gasteiger partial charge in [0.25, 0.3) is 0 Å². The van der Waals surface area contributed by atoms with E-state index in [-0.39, 0.29) is 17.3 Å². The lowest BCUT2D eigenvalue weighted by atomic mass is 9.94. The summed E-state index contributed by atoms with van der Waals surface area (Å²) in [6.45, 7) is 4.76. The number of hydrogen-bond donors (Lipinski definition) is 2. The SMILES string of the molecule is CC1(C)CC(Nc2nccc(C(=O)O)n2)CCO1. The second-order valence-corrected chi connectivity index (χ2v) is 5.01. The highest BCUT2D eigenvalue weighted by molar-refractivity contribution is 5.85. The number of carboxylic acids is 1. The molecule has 1 unspecified atom stereocenters. The summed E-state index contributed by atoms with van der Waals surface area (Å²) in [5.74, 6) is -0.689. The minimum atomic E-state index is -1.05. The van der Waals surface area contributed by atoms with Gasteiger partial charge in [0, 0.05) is 18.8 Å². The van der Waals surface area contributed by atoms with Crippen LogP contribution in [0, 0.1) is 0 Å². The van der Waals surface area contributed by atoms with Crippen molar-refractivity contribution in [3.63, 3.8) is 0 Å². The maximum Gasteiger partial charge on any atom is 0.354 e. The Kier molecular flexibility index (Phi) is 3.47. The van der Waals surface area contributed by atoms with E-state index >= 15 is 0 Å². The third-order valence-corrected chi connectivity index (χ3v) is 2.91. The predicted molar refractivity (Wildman–Crippen MR) is 65.7 cm³/mol. The highest BCUT2D eigenvalue weighted by Crippen LogP contribution is 2.25. The second-order valence-electron chi connectivity index (χ2n) is 5.01. The average Bonchev–Trinajstić information content (AvgIpc) is 2.28. The van der Waals surface area contributed by atoms with Gasteiger partial charge >= 0.3 is 5.97 Å². The van der Waals surface area contributed by atoms with Crippen LogP contribution in [-0.2, 0) is 4.74 Å². The highest BCUT2D eigenvalue weighted by atomic mass is 16.5. The summed E-state index contributed by atoms with van der Waals surface area (Å²) in [7, 11) is 0. The molecule has 1 aliphatic rings. The van der Waals surface area contributed by atoms with E-state index < -0.39 is 5.97 Å². The number of aromatic nitrogens is 2. The normalized spacial score (nSPS) is 22.4. The van der Waals surface area contributed by atoms with Crippen molar-refractivity contribution in [2.24, 2.45) is 0 Å². The van der Waals surface area contributed by atoms with Gasteiger partial charge in [-0.05, 0) is 32.8 Å². The number of hydrogen-bond acceptors (Lipinski definition) is 5. The summed E-state index contributed by atoms with van der Waals surface area (Å²) in [6, 6.07) is 1.58. The van der Waals surface area contributed by atoms with E-state index in [1.165, 1.54) is 12.3 Å². The van der Waals surface area contributed by atoms with Gasteiger partial charge in [0.15, 0.2) is 5.69 Å². The summed E-state index contributed by atoms with van der Waals surface area (Å²) in [5, 5.41) is 12.0. The Morgan fingerprint density at radius 3 is 3.06 bits per heavy atom. The zero-order valence-electron chi connectivity index (χ0n) is 10.5. The van der Waals surface area contributed by atoms with Crippen molar-refractivity contribution in [2.75, 3.05) is 11.9 Å². The standard InChI is InChI=1S/C12H17N3O3/c1-12(2)7-8(4-6-18-12)14-11-13-5-3-9(15-11)10(16)17/h3,5,8H,4,6-7H2,1-2H3,(H,16,17)(H,13,14,15). The van der Waals surface area contributed by atoms with Crippen LogP contribution in [0.4, 0.5) is 5.95 Å². The molecule has 1 aromatic heterocycles. The van der Waals surface area contributed by atoms with Crippen LogP contribution in [-0.4, -0.2) is 39.3 Å². The van der Waals surface area contributed by atoms with Gasteiger partial charge in [-0.25, -0.2) is 14.8 Å². The summed E-state index contributed by atoms with van der Waals surface area (Å²) in [5.41, 5.74) is -0.167. The van der Waals surface area contributed by atoms with Crippen LogP contribution in [0.1, 0.15) is 37.2 Å². The number of rotatable bonds is 3. The van der Waals surface area contributed by atoms with Gasteiger partial charge in [-0.1, -0.05) is 0 Å². The number of aromatic carboxylic acids is 1. The summed E-state index contributed by atoms with van der Waals surface area (Å²) in [4.78, 5) is 18.8. The molecular formula is C12H17N3O3. The zero-order chi connectivity index (χ0) is 13.2. The van der Waals surface area contributed by atoms with Crippen molar-refractivity contribution in [2.45, 2.75) is 38.3 Å². The Morgan fingerprint density at radius 2 is 2.39 bits per heavy atom. The molecule has 6 nitrogen and oxygen atoms in total. The molecule has 0 aliphatic carbocycles. The molecule has 2 N–H and O–H groups in total. The van der Waals surface area contributed by atoms with Crippen LogP contribution in [0.15, 0.2) is 12.3 Å². The molecule has 0 amide bonds. The quantitative estimate of drug-likeness (QED) is 0.847. The Labute approximate surface area is 105 Å². The van der Waals surface area contributed by atoms with E-state index in [1.807, 2.05) is 13.8 Å². The Bertz CT molecular complexity index is 448. The number of nitrogens with zero attached hydrogens (tertiary/aromatic N) is 2. The molecule has 2 heterocycles. The molecule has 2 rings (SSSR count). The Morgan fingerprint density at radius 1 is 1.61 bits per heavy atom. The van der Waals surface area contributed by atoms with E-state index in [1.54, 1.807) is 0 Å². The molecule has 1 saturated heterocycles. The van der Waals surface area contributed by atoms with E-state index in [4.69, 9.17) is 9.84 Å². The van der Waals surface area contributed by atoms with Crippen LogP contribution >= 0.6 is 0 Å². The lowest BCUT2D eigenvalue weighted by Gasteiger charge is -2.35. The fourth-order valence-corrected chi connectivity index (χ4v) is 2.08. The van der Waals surface area contributed by atoms with Crippen molar-refractivity contribution in [1.29, 1.82) is 0 Å². The van der Waals surface area contributed by atoms with Crippen molar-refractivity contribution in [3.8, 4) is 0 Å². The van der Waals surface area contributed by atoms with Crippen LogP contribution in [0.3, 0.4) is 0 Å². The molecule has 0 saturated carbocycles. The maximum absolute atomic E-state index is 10.8. The van der Waals surface area contributed by atoms with Crippen LogP contribution in [0.2, 0.25) is 0 Å². The molecule has 1 aromatic rings. The number of anilines is 1. The lowest BCUT2D eigenvalue weighted by molar-refractivity contribution is -0.0554. The molecule has 0 spiro atoms. The molecule has 6 heteroatoms. The van der Waals surface area contributed by atoms with Crippen molar-refractivity contribution in [1.82, 2.24) is 9.97 Å². The number of ether oxygens (including phenoxy) is 1. The van der Waals surface area contributed by atoms with Crippen LogP contribution in [0.25, 0.3) is 0 Å². The molecular weight excluding hydrogens is 234 g/mol. The number of carbonyl (C=O) groups is 1. The minimum Gasteiger partial charge on any atom is -0.477 e. The van der Waals surface area contributed by atoms with Gasteiger partial charge in [0.05, 0.1) is 5.60 Å². The highest BCUT2D eigenvalue weighted by Gasteiger charge is 2.29. The summed E-state index contributed by atoms with van der Waals surface area (Å²) < 4.78 is 5.62. The van der Waals surface area contributed by atoms with Crippen LogP contribution < -0.4 is 5.32 Å². The van der Waals surface area contributed by atoms with Crippen molar-refractivity contribution in [3.05, 3.63) is 18.0 Å². The fraction of sp³-hybridized carbons (Fsp3) is 0.583. The largest absolute Gasteiger partial charge is 0.477 e. The molecule has 98 valence electrons. The predicted octanol–water partition coefficient (Wildman–Crippen LogP) is 1.54. The van der Waals surface area contributed by atoms with Crippen molar-refractivity contribution >= 4 is 11.9 Å². The van der Waals surface area contributed by atoms with E-state index in [9.17, 15) is 4.79 Å². The third kappa shape index (κ3) is 3.16. The molecule has 18 heavy (non-hydrogen) atoms. The first-order valence-corrected chi connectivity index (χ1v) is 5.93. The first kappa shape index (κ1) is 12.8. The molecule has 0 radical (unpaired) electrons. The average molecular weight is 251 g/mol. The maximum atomic E-state index is 10.8. The van der Waals surface area contributed by atoms with Gasteiger partial charge in [0.1, 0.15) is 0 Å². The second kappa shape index (κ2) is 4.89. The van der Waals surface area contributed by atoms with Gasteiger partial charge in [0.2, 0.25) is 5.95 Å². The molecule has 1 atom stereocenters. The third-order valence-electron chi connectivity index (χ3n) is 2.91. The van der Waals surface area contributed by atoms with Crippen LogP contribution in [0.5, 0.6) is 0 Å². The van der Waals surface area contributed by atoms with E-state index in [0.29, 0.717) is 12.6 Å². The van der Waals surface area contributed by atoms with Gasteiger partial charge in [-0.2, -0.15) is 0 Å². The first-order valence-electron chi connectivity index (χ1n) is 5.93. The molecule has 1 aliphatic heterocycles. The lowest BCUT2D eigenvalue weighted by Crippen LogP contribution is -2.40. The number of carboxylic acid groups (broad SMARTS) is 1. The number of nitrogens with one attached hydrogen (secondary N) is 1. The van der Waals surface area contributed by atoms with E-state index in [0.717, 1.165) is 12.8 Å². The Balaban J connectivity index is 2.05. The molecule has 1 fully saturated rings. The topological polar surface area (TPSA) is 84.3 Å². The fourth-order valence-electron chi connectivity index (χ4n) is 2.08. The van der Waals surface area contributed by atoms with Gasteiger partial charge in [-0.15, -0.1) is 0 Å². The molecule has 0 bridgehead atoms. The molecule has 0 aromatic carbocycles. The van der Waals surface area contributed by atoms with Gasteiger partial charge < -0.3 is 15.2 Å². The zero-order valence-corrected chi connectivity index (χ0v) is 10.5. The summed E-state index contributed by atoms with van der Waals surface area (Å²) in [6.07, 6.45) is 3.15. The first-order chi connectivity index (χ1) is 8.46.